The maximum Gasteiger partial charge on any atom is 0.250 e. The Morgan fingerprint density at radius 1 is 1.26 bits per heavy atom. The fourth-order valence-corrected chi connectivity index (χ4v) is 5.17. The van der Waals surface area contributed by atoms with Crippen molar-refractivity contribution in [1.82, 2.24) is 4.72 Å². The molecule has 0 amide bonds. The number of thiophene rings is 1. The zero-order valence-corrected chi connectivity index (χ0v) is 13.9. The van der Waals surface area contributed by atoms with Gasteiger partial charge in [-0.05, 0) is 46.6 Å². The summed E-state index contributed by atoms with van der Waals surface area (Å²) in [6, 6.07) is 10.1. The van der Waals surface area contributed by atoms with Crippen molar-refractivity contribution in [2.24, 2.45) is 0 Å². The van der Waals surface area contributed by atoms with Crippen LogP contribution in [0.25, 0.3) is 0 Å². The smallest absolute Gasteiger partial charge is 0.206 e. The number of benzene rings is 1. The molecule has 0 aliphatic heterocycles. The Morgan fingerprint density at radius 3 is 2.53 bits per heavy atom. The van der Waals surface area contributed by atoms with E-state index in [0.717, 1.165) is 9.35 Å². The van der Waals surface area contributed by atoms with Gasteiger partial charge in [0.1, 0.15) is 4.21 Å². The van der Waals surface area contributed by atoms with Crippen molar-refractivity contribution < 1.29 is 8.42 Å². The van der Waals surface area contributed by atoms with E-state index in [1.807, 2.05) is 12.1 Å². The van der Waals surface area contributed by atoms with Crippen LogP contribution < -0.4 is 4.72 Å². The SMILES string of the molecule is C[C@@H](NS(=O)(=O)c1ccc(Br)s1)c1ccccc1Cl. The van der Waals surface area contributed by atoms with Crippen molar-refractivity contribution in [3.8, 4) is 0 Å². The fraction of sp³-hybridized carbons (Fsp3) is 0.167. The standard InChI is InChI=1S/C12H11BrClNO2S2/c1-8(9-4-2-3-5-10(9)14)15-19(16,17)12-7-6-11(13)18-12/h2-8,15H,1H3/t8-/m1/s1. The van der Waals surface area contributed by atoms with E-state index in [-0.39, 0.29) is 10.3 Å². The van der Waals surface area contributed by atoms with E-state index in [9.17, 15) is 8.42 Å². The monoisotopic (exact) mass is 379 g/mol. The summed E-state index contributed by atoms with van der Waals surface area (Å²) in [5.74, 6) is 0. The molecule has 0 aliphatic carbocycles. The molecule has 7 heteroatoms. The zero-order chi connectivity index (χ0) is 14.0. The van der Waals surface area contributed by atoms with Gasteiger partial charge in [-0.25, -0.2) is 13.1 Å². The molecule has 0 saturated carbocycles. The number of rotatable bonds is 4. The van der Waals surface area contributed by atoms with Crippen LogP contribution in [-0.2, 0) is 10.0 Å². The number of nitrogens with one attached hydrogen (secondary N) is 1. The Bertz CT molecular complexity index is 685. The van der Waals surface area contributed by atoms with Crippen LogP contribution in [0.4, 0.5) is 0 Å². The Kier molecular flexibility index (Phi) is 4.68. The zero-order valence-electron chi connectivity index (χ0n) is 9.93. The first-order valence-electron chi connectivity index (χ1n) is 5.42. The highest BCUT2D eigenvalue weighted by Gasteiger charge is 2.21. The Balaban J connectivity index is 2.24. The molecule has 1 aromatic carbocycles. The topological polar surface area (TPSA) is 46.2 Å². The van der Waals surface area contributed by atoms with E-state index < -0.39 is 10.0 Å². The first-order chi connectivity index (χ1) is 8.90. The van der Waals surface area contributed by atoms with Gasteiger partial charge in [0, 0.05) is 11.1 Å². The normalized spacial score (nSPS) is 13.4. The molecule has 3 nitrogen and oxygen atoms in total. The van der Waals surface area contributed by atoms with Crippen LogP contribution in [0.15, 0.2) is 44.4 Å². The van der Waals surface area contributed by atoms with Crippen molar-refractivity contribution in [3.63, 3.8) is 0 Å². The summed E-state index contributed by atoms with van der Waals surface area (Å²) in [7, 11) is -3.52. The number of hydrogen-bond acceptors (Lipinski definition) is 3. The summed E-state index contributed by atoms with van der Waals surface area (Å²) in [6.07, 6.45) is 0. The van der Waals surface area contributed by atoms with Crippen LogP contribution in [-0.4, -0.2) is 8.42 Å². The summed E-state index contributed by atoms with van der Waals surface area (Å²) in [6.45, 7) is 1.77. The van der Waals surface area contributed by atoms with E-state index in [1.54, 1.807) is 31.2 Å². The minimum atomic E-state index is -3.52. The lowest BCUT2D eigenvalue weighted by molar-refractivity contribution is 0.569. The Morgan fingerprint density at radius 2 is 1.95 bits per heavy atom. The highest BCUT2D eigenvalue weighted by Crippen LogP contribution is 2.28. The van der Waals surface area contributed by atoms with E-state index >= 15 is 0 Å². The second-order valence-electron chi connectivity index (χ2n) is 3.92. The first kappa shape index (κ1) is 15.0. The minimum Gasteiger partial charge on any atom is -0.206 e. The van der Waals surface area contributed by atoms with Gasteiger partial charge in [0.05, 0.1) is 3.79 Å². The van der Waals surface area contributed by atoms with Gasteiger partial charge in [-0.15, -0.1) is 11.3 Å². The highest BCUT2D eigenvalue weighted by atomic mass is 79.9. The molecule has 0 fully saturated rings. The van der Waals surface area contributed by atoms with Crippen molar-refractivity contribution in [2.45, 2.75) is 17.2 Å². The maximum atomic E-state index is 12.2. The number of sulfonamides is 1. The maximum absolute atomic E-state index is 12.2. The van der Waals surface area contributed by atoms with Gasteiger partial charge in [-0.2, -0.15) is 0 Å². The van der Waals surface area contributed by atoms with Crippen molar-refractivity contribution in [3.05, 3.63) is 50.8 Å². The summed E-state index contributed by atoms with van der Waals surface area (Å²) < 4.78 is 28.0. The lowest BCUT2D eigenvalue weighted by Crippen LogP contribution is -2.26. The van der Waals surface area contributed by atoms with Gasteiger partial charge in [0.25, 0.3) is 10.0 Å². The summed E-state index contributed by atoms with van der Waals surface area (Å²) in [4.78, 5) is 0. The summed E-state index contributed by atoms with van der Waals surface area (Å²) in [5.41, 5.74) is 0.753. The molecule has 0 spiro atoms. The first-order valence-corrected chi connectivity index (χ1v) is 8.89. The van der Waals surface area contributed by atoms with Crippen LogP contribution in [0, 0.1) is 0 Å². The van der Waals surface area contributed by atoms with Crippen LogP contribution >= 0.6 is 38.9 Å². The average Bonchev–Trinajstić information content (AvgIpc) is 2.76. The molecule has 1 atom stereocenters. The second kappa shape index (κ2) is 5.93. The van der Waals surface area contributed by atoms with E-state index in [2.05, 4.69) is 20.7 Å². The van der Waals surface area contributed by atoms with E-state index in [1.165, 1.54) is 11.3 Å². The molecule has 0 bridgehead atoms. The van der Waals surface area contributed by atoms with Crippen molar-refractivity contribution >= 4 is 48.9 Å². The largest absolute Gasteiger partial charge is 0.250 e. The lowest BCUT2D eigenvalue weighted by atomic mass is 10.1. The van der Waals surface area contributed by atoms with E-state index in [0.29, 0.717) is 5.02 Å². The van der Waals surface area contributed by atoms with Gasteiger partial charge < -0.3 is 0 Å². The summed E-state index contributed by atoms with van der Waals surface area (Å²) in [5, 5.41) is 0.546. The molecule has 2 rings (SSSR count). The molecule has 0 unspecified atom stereocenters. The molecular weight excluding hydrogens is 370 g/mol. The van der Waals surface area contributed by atoms with Crippen LogP contribution in [0.2, 0.25) is 5.02 Å². The molecule has 0 aliphatic rings. The minimum absolute atomic E-state index is 0.276. The molecule has 19 heavy (non-hydrogen) atoms. The second-order valence-corrected chi connectivity index (χ2v) is 8.73. The molecule has 1 aromatic heterocycles. The molecule has 0 saturated heterocycles. The molecule has 102 valence electrons. The molecule has 1 heterocycles. The summed E-state index contributed by atoms with van der Waals surface area (Å²) >= 11 is 10.5. The Labute approximate surface area is 129 Å². The predicted molar refractivity (Wildman–Crippen MR) is 82.2 cm³/mol. The highest BCUT2D eigenvalue weighted by molar-refractivity contribution is 9.11. The fourth-order valence-electron chi connectivity index (χ4n) is 1.62. The van der Waals surface area contributed by atoms with Gasteiger partial charge in [-0.1, -0.05) is 29.8 Å². The third-order valence-corrected chi connectivity index (χ3v) is 6.52. The van der Waals surface area contributed by atoms with E-state index in [4.69, 9.17) is 11.6 Å². The number of hydrogen-bond donors (Lipinski definition) is 1. The predicted octanol–water partition coefficient (Wildman–Crippen LogP) is 4.20. The third kappa shape index (κ3) is 3.58. The molecule has 1 N–H and O–H groups in total. The van der Waals surface area contributed by atoms with Gasteiger partial charge in [0.15, 0.2) is 0 Å². The van der Waals surface area contributed by atoms with Gasteiger partial charge >= 0.3 is 0 Å². The molecular formula is C12H11BrClNO2S2. The number of halogens is 2. The van der Waals surface area contributed by atoms with Gasteiger partial charge in [-0.3, -0.25) is 0 Å². The van der Waals surface area contributed by atoms with Crippen molar-refractivity contribution in [1.29, 1.82) is 0 Å². The van der Waals surface area contributed by atoms with Crippen molar-refractivity contribution in [2.75, 3.05) is 0 Å². The average molecular weight is 381 g/mol. The van der Waals surface area contributed by atoms with Crippen LogP contribution in [0.1, 0.15) is 18.5 Å². The molecule has 2 aromatic rings. The lowest BCUT2D eigenvalue weighted by Gasteiger charge is -2.15. The quantitative estimate of drug-likeness (QED) is 0.864. The third-order valence-electron chi connectivity index (χ3n) is 2.52. The van der Waals surface area contributed by atoms with Crippen LogP contribution in [0.5, 0.6) is 0 Å². The van der Waals surface area contributed by atoms with Gasteiger partial charge in [0.2, 0.25) is 0 Å². The Hall–Kier alpha value is -0.400. The van der Waals surface area contributed by atoms with Crippen LogP contribution in [0.3, 0.4) is 0 Å². The molecule has 0 radical (unpaired) electrons.